The normalized spacial score (nSPS) is 16.9. The zero-order valence-corrected chi connectivity index (χ0v) is 14.0. The van der Waals surface area contributed by atoms with Crippen LogP contribution in [0.5, 0.6) is 5.75 Å². The van der Waals surface area contributed by atoms with Crippen LogP contribution in [0.15, 0.2) is 24.3 Å². The summed E-state index contributed by atoms with van der Waals surface area (Å²) in [5.41, 5.74) is 1.18. The first-order chi connectivity index (χ1) is 11.1. The number of rotatable bonds is 6. The van der Waals surface area contributed by atoms with E-state index in [2.05, 4.69) is 0 Å². The molecule has 1 fully saturated rings. The molecule has 23 heavy (non-hydrogen) atoms. The molecule has 0 unspecified atom stereocenters. The zero-order chi connectivity index (χ0) is 16.7. The van der Waals surface area contributed by atoms with E-state index in [1.54, 1.807) is 4.90 Å². The van der Waals surface area contributed by atoms with Crippen molar-refractivity contribution in [3.63, 3.8) is 0 Å². The van der Waals surface area contributed by atoms with Crippen LogP contribution in [0.3, 0.4) is 0 Å². The molecule has 2 rings (SSSR count). The summed E-state index contributed by atoms with van der Waals surface area (Å²) in [4.78, 5) is 14.6. The van der Waals surface area contributed by atoms with Gasteiger partial charge < -0.3 is 19.5 Å². The van der Waals surface area contributed by atoms with E-state index in [1.165, 1.54) is 10.5 Å². The smallest absolute Gasteiger partial charge is 0.410 e. The van der Waals surface area contributed by atoms with Crippen molar-refractivity contribution in [2.75, 3.05) is 45.9 Å². The third kappa shape index (κ3) is 5.73. The number of nitrogens with zero attached hydrogens (tertiary/aromatic N) is 1. The van der Waals surface area contributed by atoms with E-state index < -0.39 is 6.10 Å². The van der Waals surface area contributed by atoms with Gasteiger partial charge in [-0.05, 0) is 26.0 Å². The SMILES string of the molecule is CCOC(=O)N1CC[NH+](C[C@H](O)COc2ccc(C)cc2)CC1. The van der Waals surface area contributed by atoms with Crippen LogP contribution in [0.4, 0.5) is 4.79 Å². The predicted octanol–water partition coefficient (Wildman–Crippen LogP) is 0.0917. The van der Waals surface area contributed by atoms with Gasteiger partial charge in [0.15, 0.2) is 0 Å². The van der Waals surface area contributed by atoms with E-state index in [4.69, 9.17) is 9.47 Å². The number of carbonyl (C=O) groups is 1. The number of hydrogen-bond acceptors (Lipinski definition) is 4. The van der Waals surface area contributed by atoms with Gasteiger partial charge in [-0.15, -0.1) is 0 Å². The molecule has 6 nitrogen and oxygen atoms in total. The number of aliphatic hydroxyl groups excluding tert-OH is 1. The van der Waals surface area contributed by atoms with Crippen molar-refractivity contribution in [3.05, 3.63) is 29.8 Å². The second-order valence-electron chi connectivity index (χ2n) is 5.92. The van der Waals surface area contributed by atoms with Crippen LogP contribution < -0.4 is 9.64 Å². The molecular weight excluding hydrogens is 296 g/mol. The van der Waals surface area contributed by atoms with Crippen LogP contribution in [0.25, 0.3) is 0 Å². The molecule has 1 amide bonds. The number of nitrogens with one attached hydrogen (secondary N) is 1. The van der Waals surface area contributed by atoms with Crippen LogP contribution in [0.1, 0.15) is 12.5 Å². The second kappa shape index (κ2) is 8.74. The summed E-state index contributed by atoms with van der Waals surface area (Å²) in [6.07, 6.45) is -0.754. The lowest BCUT2D eigenvalue weighted by Gasteiger charge is -2.32. The van der Waals surface area contributed by atoms with E-state index in [1.807, 2.05) is 38.1 Å². The maximum atomic E-state index is 11.6. The van der Waals surface area contributed by atoms with Gasteiger partial charge in [-0.3, -0.25) is 4.90 Å². The maximum absolute atomic E-state index is 11.6. The van der Waals surface area contributed by atoms with Crippen LogP contribution in [0, 0.1) is 6.92 Å². The quantitative estimate of drug-likeness (QED) is 0.779. The van der Waals surface area contributed by atoms with Crippen LogP contribution in [-0.2, 0) is 4.74 Å². The summed E-state index contributed by atoms with van der Waals surface area (Å²) in [5.74, 6) is 0.775. The third-order valence-electron chi connectivity index (χ3n) is 3.98. The fourth-order valence-corrected chi connectivity index (χ4v) is 2.64. The molecule has 1 aliphatic heterocycles. The molecule has 0 spiro atoms. The van der Waals surface area contributed by atoms with Gasteiger partial charge in [0, 0.05) is 0 Å². The maximum Gasteiger partial charge on any atom is 0.410 e. The largest absolute Gasteiger partial charge is 0.491 e. The first kappa shape index (κ1) is 17.6. The van der Waals surface area contributed by atoms with E-state index in [9.17, 15) is 9.90 Å². The Bertz CT molecular complexity index is 484. The van der Waals surface area contributed by atoms with Crippen molar-refractivity contribution >= 4 is 6.09 Å². The van der Waals surface area contributed by atoms with Gasteiger partial charge in [-0.2, -0.15) is 0 Å². The Balaban J connectivity index is 1.67. The number of hydrogen-bond donors (Lipinski definition) is 2. The molecule has 1 aromatic carbocycles. The average Bonchev–Trinajstić information content (AvgIpc) is 2.55. The highest BCUT2D eigenvalue weighted by Gasteiger charge is 2.26. The molecule has 0 radical (unpaired) electrons. The molecule has 1 aromatic rings. The molecule has 0 aliphatic carbocycles. The number of aryl methyl sites for hydroxylation is 1. The van der Waals surface area contributed by atoms with E-state index in [-0.39, 0.29) is 12.7 Å². The van der Waals surface area contributed by atoms with Gasteiger partial charge in [0.05, 0.1) is 32.8 Å². The minimum absolute atomic E-state index is 0.241. The molecule has 6 heteroatoms. The van der Waals surface area contributed by atoms with Crippen molar-refractivity contribution < 1.29 is 24.3 Å². The molecule has 128 valence electrons. The molecule has 2 N–H and O–H groups in total. The molecule has 1 atom stereocenters. The number of carbonyl (C=O) groups excluding carboxylic acids is 1. The van der Waals surface area contributed by atoms with Gasteiger partial charge in [0.25, 0.3) is 0 Å². The molecule has 0 bridgehead atoms. The Labute approximate surface area is 137 Å². The standard InChI is InChI=1S/C17H26N2O4/c1-3-22-17(21)19-10-8-18(9-11-19)12-15(20)13-23-16-6-4-14(2)5-7-16/h4-7,15,20H,3,8-13H2,1-2H3/p+1/t15-/m0/s1. The fraction of sp³-hybridized carbons (Fsp3) is 0.588. The Morgan fingerprint density at radius 3 is 2.57 bits per heavy atom. The first-order valence-electron chi connectivity index (χ1n) is 8.21. The molecule has 0 aromatic heterocycles. The van der Waals surface area contributed by atoms with Gasteiger partial charge in [0.2, 0.25) is 0 Å². The number of ether oxygens (including phenoxy) is 2. The Morgan fingerprint density at radius 2 is 1.96 bits per heavy atom. The van der Waals surface area contributed by atoms with Crippen molar-refractivity contribution in [1.82, 2.24) is 4.90 Å². The topological polar surface area (TPSA) is 63.4 Å². The van der Waals surface area contributed by atoms with Crippen LogP contribution >= 0.6 is 0 Å². The highest BCUT2D eigenvalue weighted by molar-refractivity contribution is 5.67. The summed E-state index contributed by atoms with van der Waals surface area (Å²) in [7, 11) is 0. The number of aliphatic hydroxyl groups is 1. The van der Waals surface area contributed by atoms with Gasteiger partial charge in [-0.1, -0.05) is 17.7 Å². The summed E-state index contributed by atoms with van der Waals surface area (Å²) >= 11 is 0. The molecule has 0 saturated carbocycles. The summed E-state index contributed by atoms with van der Waals surface area (Å²) < 4.78 is 10.6. The number of amides is 1. The van der Waals surface area contributed by atoms with Gasteiger partial charge in [0.1, 0.15) is 25.0 Å². The lowest BCUT2D eigenvalue weighted by Crippen LogP contribution is -3.16. The van der Waals surface area contributed by atoms with Crippen molar-refractivity contribution in [2.45, 2.75) is 20.0 Å². The second-order valence-corrected chi connectivity index (χ2v) is 5.92. The molecule has 1 heterocycles. The van der Waals surface area contributed by atoms with Crippen molar-refractivity contribution in [3.8, 4) is 5.75 Å². The number of benzene rings is 1. The Morgan fingerprint density at radius 1 is 1.30 bits per heavy atom. The Hall–Kier alpha value is -1.79. The summed E-state index contributed by atoms with van der Waals surface area (Å²) in [6.45, 7) is 8.12. The predicted molar refractivity (Wildman–Crippen MR) is 86.8 cm³/mol. The van der Waals surface area contributed by atoms with Crippen LogP contribution in [0.2, 0.25) is 0 Å². The average molecular weight is 323 g/mol. The lowest BCUT2D eigenvalue weighted by atomic mass is 10.2. The minimum Gasteiger partial charge on any atom is -0.491 e. The minimum atomic E-state index is -0.513. The summed E-state index contributed by atoms with van der Waals surface area (Å²) in [5, 5.41) is 10.1. The first-order valence-corrected chi connectivity index (χ1v) is 8.21. The lowest BCUT2D eigenvalue weighted by molar-refractivity contribution is -0.907. The van der Waals surface area contributed by atoms with Crippen molar-refractivity contribution in [2.24, 2.45) is 0 Å². The van der Waals surface area contributed by atoms with Gasteiger partial charge >= 0.3 is 6.09 Å². The third-order valence-corrected chi connectivity index (χ3v) is 3.98. The van der Waals surface area contributed by atoms with Crippen LogP contribution in [-0.4, -0.2) is 68.1 Å². The van der Waals surface area contributed by atoms with Gasteiger partial charge in [-0.25, -0.2) is 4.79 Å². The highest BCUT2D eigenvalue weighted by atomic mass is 16.6. The Kier molecular flexibility index (Phi) is 6.67. The summed E-state index contributed by atoms with van der Waals surface area (Å²) in [6, 6.07) is 7.79. The molecule has 1 aliphatic rings. The zero-order valence-electron chi connectivity index (χ0n) is 14.0. The number of quaternary nitrogens is 1. The fourth-order valence-electron chi connectivity index (χ4n) is 2.64. The highest BCUT2D eigenvalue weighted by Crippen LogP contribution is 2.11. The molecular formula is C17H27N2O4+. The van der Waals surface area contributed by atoms with E-state index in [0.717, 1.165) is 18.8 Å². The van der Waals surface area contributed by atoms with E-state index >= 15 is 0 Å². The monoisotopic (exact) mass is 323 g/mol. The molecule has 1 saturated heterocycles. The number of piperazine rings is 1. The van der Waals surface area contributed by atoms with E-state index in [0.29, 0.717) is 26.2 Å². The van der Waals surface area contributed by atoms with Crippen molar-refractivity contribution in [1.29, 1.82) is 0 Å².